The number of nitrogens with one attached hydrogen (secondary N) is 2. The Kier molecular flexibility index (Phi) is 6.82. The molecule has 1 aromatic heterocycles. The summed E-state index contributed by atoms with van der Waals surface area (Å²) in [6.07, 6.45) is 1.74. The minimum absolute atomic E-state index is 0.0191. The maximum Gasteiger partial charge on any atom is 0.241 e. The van der Waals surface area contributed by atoms with Gasteiger partial charge in [-0.15, -0.1) is 0 Å². The second-order valence-corrected chi connectivity index (χ2v) is 8.28. The molecule has 32 heavy (non-hydrogen) atoms. The van der Waals surface area contributed by atoms with Crippen molar-refractivity contribution >= 4 is 34.8 Å². The highest BCUT2D eigenvalue weighted by atomic mass is 35.5. The first-order valence-electron chi connectivity index (χ1n) is 10.5. The van der Waals surface area contributed by atoms with Gasteiger partial charge >= 0.3 is 0 Å². The molecule has 2 N–H and O–H groups in total. The fourth-order valence-corrected chi connectivity index (χ4v) is 3.85. The van der Waals surface area contributed by atoms with E-state index in [1.807, 2.05) is 12.1 Å². The van der Waals surface area contributed by atoms with E-state index < -0.39 is 0 Å². The maximum absolute atomic E-state index is 12.8. The van der Waals surface area contributed by atoms with Crippen LogP contribution in [0.5, 0.6) is 0 Å². The lowest BCUT2D eigenvalue weighted by atomic mass is 9.97. The third-order valence-electron chi connectivity index (χ3n) is 5.28. The number of carbonyl (C=O) groups excluding carboxylic acids is 2. The largest absolute Gasteiger partial charge is 0.338 e. The molecular formula is C23H24ClN5O3. The van der Waals surface area contributed by atoms with E-state index in [1.54, 1.807) is 36.4 Å². The average molecular weight is 454 g/mol. The Bertz CT molecular complexity index is 1080. The smallest absolute Gasteiger partial charge is 0.241 e. The molecule has 1 saturated heterocycles. The number of benzene rings is 2. The molecule has 1 aliphatic heterocycles. The van der Waals surface area contributed by atoms with Crippen molar-refractivity contribution in [2.24, 2.45) is 5.92 Å². The highest BCUT2D eigenvalue weighted by Crippen LogP contribution is 2.23. The van der Waals surface area contributed by atoms with Crippen LogP contribution >= 0.6 is 11.6 Å². The topological polar surface area (TPSA) is 100 Å². The summed E-state index contributed by atoms with van der Waals surface area (Å²) in [6.45, 7) is 3.44. The second kappa shape index (κ2) is 9.93. The van der Waals surface area contributed by atoms with Crippen LogP contribution in [0.4, 0.5) is 11.4 Å². The maximum atomic E-state index is 12.8. The number of hydrogen-bond donors (Lipinski definition) is 2. The Morgan fingerprint density at radius 2 is 1.78 bits per heavy atom. The number of amides is 2. The number of likely N-dealkylation sites (tertiary alicyclic amines) is 1. The molecule has 1 unspecified atom stereocenters. The van der Waals surface area contributed by atoms with Crippen LogP contribution in [-0.4, -0.2) is 39.9 Å². The summed E-state index contributed by atoms with van der Waals surface area (Å²) in [6, 6.07) is 14.3. The first kappa shape index (κ1) is 22.0. The molecular weight excluding hydrogens is 430 g/mol. The normalized spacial score (nSPS) is 16.5. The van der Waals surface area contributed by atoms with Gasteiger partial charge in [0.25, 0.3) is 0 Å². The Morgan fingerprint density at radius 1 is 1.09 bits per heavy atom. The summed E-state index contributed by atoms with van der Waals surface area (Å²) in [5.41, 5.74) is 2.23. The van der Waals surface area contributed by atoms with E-state index >= 15 is 0 Å². The van der Waals surface area contributed by atoms with E-state index in [0.717, 1.165) is 24.9 Å². The predicted octanol–water partition coefficient (Wildman–Crippen LogP) is 4.20. The van der Waals surface area contributed by atoms with E-state index in [-0.39, 0.29) is 17.7 Å². The summed E-state index contributed by atoms with van der Waals surface area (Å²) < 4.78 is 5.42. The molecule has 3 aromatic rings. The minimum Gasteiger partial charge on any atom is -0.338 e. The van der Waals surface area contributed by atoms with Gasteiger partial charge in [0.1, 0.15) is 0 Å². The van der Waals surface area contributed by atoms with Gasteiger partial charge in [-0.1, -0.05) is 16.8 Å². The van der Waals surface area contributed by atoms with Crippen LogP contribution in [0.25, 0.3) is 11.4 Å². The second-order valence-electron chi connectivity index (χ2n) is 7.84. The zero-order valence-corrected chi connectivity index (χ0v) is 18.4. The van der Waals surface area contributed by atoms with Crippen molar-refractivity contribution in [1.82, 2.24) is 15.0 Å². The summed E-state index contributed by atoms with van der Waals surface area (Å²) in [4.78, 5) is 30.5. The monoisotopic (exact) mass is 453 g/mol. The van der Waals surface area contributed by atoms with Gasteiger partial charge in [0.2, 0.25) is 23.5 Å². The van der Waals surface area contributed by atoms with Crippen molar-refractivity contribution < 1.29 is 14.1 Å². The molecule has 9 heteroatoms. The molecule has 2 heterocycles. The van der Waals surface area contributed by atoms with Crippen LogP contribution in [0.1, 0.15) is 25.7 Å². The van der Waals surface area contributed by atoms with Gasteiger partial charge in [0, 0.05) is 35.4 Å². The third kappa shape index (κ3) is 5.72. The lowest BCUT2D eigenvalue weighted by Gasteiger charge is -2.30. The lowest BCUT2D eigenvalue weighted by Crippen LogP contribution is -2.40. The van der Waals surface area contributed by atoms with E-state index in [4.69, 9.17) is 16.1 Å². The van der Waals surface area contributed by atoms with Gasteiger partial charge in [-0.25, -0.2) is 0 Å². The van der Waals surface area contributed by atoms with E-state index in [9.17, 15) is 9.59 Å². The number of piperidine rings is 1. The van der Waals surface area contributed by atoms with E-state index in [1.165, 1.54) is 6.92 Å². The zero-order valence-electron chi connectivity index (χ0n) is 17.7. The number of hydrogen-bond acceptors (Lipinski definition) is 6. The number of halogens is 1. The summed E-state index contributed by atoms with van der Waals surface area (Å²) in [5.74, 6) is 0.757. The molecule has 0 bridgehead atoms. The number of carbonyl (C=O) groups is 2. The Balaban J connectivity index is 1.32. The SMILES string of the molecule is CC(=O)Nc1ccc(NC(=O)C2CCCN(Cc3nc(-c4ccc(Cl)cc4)no3)C2)cc1. The quantitative estimate of drug-likeness (QED) is 0.580. The lowest BCUT2D eigenvalue weighted by molar-refractivity contribution is -0.121. The molecule has 1 atom stereocenters. The van der Waals surface area contributed by atoms with Crippen molar-refractivity contribution in [1.29, 1.82) is 0 Å². The molecule has 166 valence electrons. The highest BCUT2D eigenvalue weighted by molar-refractivity contribution is 6.30. The van der Waals surface area contributed by atoms with Gasteiger partial charge in [0.05, 0.1) is 12.5 Å². The first-order valence-corrected chi connectivity index (χ1v) is 10.8. The van der Waals surface area contributed by atoms with Crippen molar-refractivity contribution in [2.45, 2.75) is 26.3 Å². The number of rotatable bonds is 6. The number of nitrogens with zero attached hydrogens (tertiary/aromatic N) is 3. The predicted molar refractivity (Wildman–Crippen MR) is 122 cm³/mol. The zero-order chi connectivity index (χ0) is 22.5. The van der Waals surface area contributed by atoms with E-state index in [2.05, 4.69) is 25.7 Å². The van der Waals surface area contributed by atoms with Gasteiger partial charge in [0.15, 0.2) is 0 Å². The van der Waals surface area contributed by atoms with Crippen molar-refractivity contribution in [2.75, 3.05) is 23.7 Å². The molecule has 1 aliphatic rings. The summed E-state index contributed by atoms with van der Waals surface area (Å²) >= 11 is 5.93. The molecule has 0 aliphatic carbocycles. The summed E-state index contributed by atoms with van der Waals surface area (Å²) in [7, 11) is 0. The Morgan fingerprint density at radius 3 is 2.47 bits per heavy atom. The molecule has 0 saturated carbocycles. The van der Waals surface area contributed by atoms with Gasteiger partial charge in [-0.05, 0) is 67.9 Å². The molecule has 8 nitrogen and oxygen atoms in total. The van der Waals surface area contributed by atoms with Gasteiger partial charge < -0.3 is 15.2 Å². The van der Waals surface area contributed by atoms with Crippen LogP contribution < -0.4 is 10.6 Å². The standard InChI is InChI=1S/C23H24ClN5O3/c1-15(30)25-19-8-10-20(11-9-19)26-23(31)17-3-2-12-29(13-17)14-21-27-22(28-32-21)16-4-6-18(24)7-5-16/h4-11,17H,2-3,12-14H2,1H3,(H,25,30)(H,26,31). The molecule has 2 amide bonds. The van der Waals surface area contributed by atoms with Crippen molar-refractivity contribution in [3.63, 3.8) is 0 Å². The fraction of sp³-hybridized carbons (Fsp3) is 0.304. The Hall–Kier alpha value is -3.23. The minimum atomic E-state index is -0.134. The fourth-order valence-electron chi connectivity index (χ4n) is 3.72. The van der Waals surface area contributed by atoms with Crippen LogP contribution in [-0.2, 0) is 16.1 Å². The molecule has 4 rings (SSSR count). The van der Waals surface area contributed by atoms with Crippen LogP contribution in [0.3, 0.4) is 0 Å². The van der Waals surface area contributed by atoms with Gasteiger partial charge in [-0.2, -0.15) is 4.98 Å². The van der Waals surface area contributed by atoms with Crippen molar-refractivity contribution in [3.8, 4) is 11.4 Å². The first-order chi connectivity index (χ1) is 15.5. The Labute approximate surface area is 190 Å². The summed E-state index contributed by atoms with van der Waals surface area (Å²) in [5, 5.41) is 10.4. The van der Waals surface area contributed by atoms with Crippen LogP contribution in [0.2, 0.25) is 5.02 Å². The number of anilines is 2. The molecule has 2 aromatic carbocycles. The van der Waals surface area contributed by atoms with Gasteiger partial charge in [-0.3, -0.25) is 14.5 Å². The molecule has 1 fully saturated rings. The third-order valence-corrected chi connectivity index (χ3v) is 5.53. The van der Waals surface area contributed by atoms with Crippen LogP contribution in [0, 0.1) is 5.92 Å². The van der Waals surface area contributed by atoms with E-state index in [0.29, 0.717) is 41.2 Å². The molecule has 0 spiro atoms. The highest BCUT2D eigenvalue weighted by Gasteiger charge is 2.27. The van der Waals surface area contributed by atoms with Crippen molar-refractivity contribution in [3.05, 3.63) is 59.4 Å². The average Bonchev–Trinajstić information content (AvgIpc) is 3.24. The molecule has 0 radical (unpaired) electrons. The van der Waals surface area contributed by atoms with Crippen LogP contribution in [0.15, 0.2) is 53.1 Å². The number of aromatic nitrogens is 2.